The van der Waals surface area contributed by atoms with Crippen molar-refractivity contribution in [3.63, 3.8) is 0 Å². The van der Waals surface area contributed by atoms with Crippen LogP contribution in [0.1, 0.15) is 12.5 Å². The van der Waals surface area contributed by atoms with E-state index in [0.29, 0.717) is 5.75 Å². The average molecular weight is 448 g/mol. The van der Waals surface area contributed by atoms with E-state index in [2.05, 4.69) is 22.0 Å². The smallest absolute Gasteiger partial charge is 0.134 e. The van der Waals surface area contributed by atoms with Gasteiger partial charge in [0.1, 0.15) is 23.0 Å². The zero-order valence-corrected chi connectivity index (χ0v) is 19.7. The standard InChI is InChI=1S/C27H33N3O3/c1-4-29-13-15-30(16-14-29)20-25-26(31-2)18-24(19-27(25)32-3)33-23-12-8-11-22(17-23)28-21-9-6-5-7-10-21/h5-12,17-19,28H,4,13-16,20H2,1-3H3. The molecule has 0 bridgehead atoms. The molecule has 1 aliphatic rings. The third-order valence-corrected chi connectivity index (χ3v) is 6.01. The number of hydrogen-bond donors (Lipinski definition) is 1. The van der Waals surface area contributed by atoms with Crippen molar-refractivity contribution in [3.8, 4) is 23.0 Å². The molecule has 6 nitrogen and oxygen atoms in total. The highest BCUT2D eigenvalue weighted by molar-refractivity contribution is 5.61. The molecule has 1 heterocycles. The van der Waals surface area contributed by atoms with Crippen LogP contribution in [0.5, 0.6) is 23.0 Å². The Balaban J connectivity index is 1.50. The first-order valence-corrected chi connectivity index (χ1v) is 11.5. The summed E-state index contributed by atoms with van der Waals surface area (Å²) >= 11 is 0. The van der Waals surface area contributed by atoms with E-state index in [1.165, 1.54) is 0 Å². The largest absolute Gasteiger partial charge is 0.496 e. The minimum atomic E-state index is 0.681. The fraction of sp³-hybridized carbons (Fsp3) is 0.333. The number of anilines is 2. The van der Waals surface area contributed by atoms with Crippen LogP contribution in [0.3, 0.4) is 0 Å². The quantitative estimate of drug-likeness (QED) is 0.475. The third kappa shape index (κ3) is 5.97. The summed E-state index contributed by atoms with van der Waals surface area (Å²) in [6.07, 6.45) is 0. The number of rotatable bonds is 9. The molecule has 1 aliphatic heterocycles. The Kier molecular flexibility index (Phi) is 7.70. The lowest BCUT2D eigenvalue weighted by Crippen LogP contribution is -2.45. The number of ether oxygens (including phenoxy) is 3. The van der Waals surface area contributed by atoms with Gasteiger partial charge in [-0.1, -0.05) is 31.2 Å². The SMILES string of the molecule is CCN1CCN(Cc2c(OC)cc(Oc3cccc(Nc4ccccc4)c3)cc2OC)CC1. The molecule has 174 valence electrons. The highest BCUT2D eigenvalue weighted by Crippen LogP contribution is 2.37. The van der Waals surface area contributed by atoms with E-state index in [0.717, 1.165) is 73.5 Å². The van der Waals surface area contributed by atoms with Gasteiger partial charge in [0.25, 0.3) is 0 Å². The summed E-state index contributed by atoms with van der Waals surface area (Å²) in [5, 5.41) is 3.40. The number of likely N-dealkylation sites (N-methyl/N-ethyl adjacent to an activating group) is 1. The number of nitrogens with zero attached hydrogens (tertiary/aromatic N) is 2. The van der Waals surface area contributed by atoms with Crippen molar-refractivity contribution in [2.75, 3.05) is 52.3 Å². The van der Waals surface area contributed by atoms with Gasteiger partial charge in [-0.15, -0.1) is 0 Å². The van der Waals surface area contributed by atoms with Crippen LogP contribution in [-0.4, -0.2) is 56.7 Å². The molecule has 3 aromatic carbocycles. The maximum atomic E-state index is 6.20. The molecule has 0 unspecified atom stereocenters. The van der Waals surface area contributed by atoms with Crippen LogP contribution in [0.25, 0.3) is 0 Å². The van der Waals surface area contributed by atoms with Gasteiger partial charge in [-0.05, 0) is 30.8 Å². The predicted molar refractivity (Wildman–Crippen MR) is 133 cm³/mol. The molecule has 1 N–H and O–H groups in total. The Morgan fingerprint density at radius 3 is 2.00 bits per heavy atom. The Labute approximate surface area is 196 Å². The predicted octanol–water partition coefficient (Wildman–Crippen LogP) is 5.38. The summed E-state index contributed by atoms with van der Waals surface area (Å²) < 4.78 is 17.7. The van der Waals surface area contributed by atoms with E-state index in [-0.39, 0.29) is 0 Å². The second kappa shape index (κ2) is 11.1. The topological polar surface area (TPSA) is 46.2 Å². The van der Waals surface area contributed by atoms with Gasteiger partial charge in [-0.3, -0.25) is 4.90 Å². The summed E-state index contributed by atoms with van der Waals surface area (Å²) in [5.41, 5.74) is 3.04. The molecule has 33 heavy (non-hydrogen) atoms. The van der Waals surface area contributed by atoms with Gasteiger partial charge in [0.15, 0.2) is 0 Å². The summed E-state index contributed by atoms with van der Waals surface area (Å²) in [7, 11) is 3.39. The number of benzene rings is 3. The Hall–Kier alpha value is -3.22. The van der Waals surface area contributed by atoms with E-state index >= 15 is 0 Å². The minimum absolute atomic E-state index is 0.681. The third-order valence-electron chi connectivity index (χ3n) is 6.01. The van der Waals surface area contributed by atoms with E-state index in [1.54, 1.807) is 14.2 Å². The van der Waals surface area contributed by atoms with Crippen molar-refractivity contribution in [2.24, 2.45) is 0 Å². The maximum Gasteiger partial charge on any atom is 0.134 e. The molecule has 0 aromatic heterocycles. The molecule has 0 amide bonds. The van der Waals surface area contributed by atoms with Crippen LogP contribution < -0.4 is 19.5 Å². The molecule has 4 rings (SSSR count). The van der Waals surface area contributed by atoms with Crippen LogP contribution in [0.15, 0.2) is 66.7 Å². The Bertz CT molecular complexity index is 1010. The van der Waals surface area contributed by atoms with E-state index in [4.69, 9.17) is 14.2 Å². The van der Waals surface area contributed by atoms with Gasteiger partial charge >= 0.3 is 0 Å². The second-order valence-corrected chi connectivity index (χ2v) is 8.14. The van der Waals surface area contributed by atoms with E-state index < -0.39 is 0 Å². The molecule has 0 aliphatic carbocycles. The highest BCUT2D eigenvalue weighted by atomic mass is 16.5. The van der Waals surface area contributed by atoms with Crippen LogP contribution in [-0.2, 0) is 6.54 Å². The van der Waals surface area contributed by atoms with Crippen molar-refractivity contribution in [1.82, 2.24) is 9.80 Å². The molecular formula is C27H33N3O3. The molecule has 1 fully saturated rings. The number of hydrogen-bond acceptors (Lipinski definition) is 6. The first kappa shape index (κ1) is 23.0. The molecule has 0 spiro atoms. The average Bonchev–Trinajstić information content (AvgIpc) is 2.86. The maximum absolute atomic E-state index is 6.20. The van der Waals surface area contributed by atoms with Crippen molar-refractivity contribution in [3.05, 3.63) is 72.3 Å². The van der Waals surface area contributed by atoms with E-state index in [9.17, 15) is 0 Å². The van der Waals surface area contributed by atoms with Gasteiger partial charge in [-0.25, -0.2) is 0 Å². The molecule has 3 aromatic rings. The van der Waals surface area contributed by atoms with Crippen molar-refractivity contribution < 1.29 is 14.2 Å². The van der Waals surface area contributed by atoms with Crippen LogP contribution in [0, 0.1) is 0 Å². The van der Waals surface area contributed by atoms with Crippen molar-refractivity contribution >= 4 is 11.4 Å². The highest BCUT2D eigenvalue weighted by Gasteiger charge is 2.20. The zero-order chi connectivity index (χ0) is 23.0. The molecular weight excluding hydrogens is 414 g/mol. The van der Waals surface area contributed by atoms with Gasteiger partial charge in [0.05, 0.1) is 19.8 Å². The lowest BCUT2D eigenvalue weighted by atomic mass is 10.1. The number of piperazine rings is 1. The lowest BCUT2D eigenvalue weighted by Gasteiger charge is -2.34. The Morgan fingerprint density at radius 2 is 1.36 bits per heavy atom. The first-order valence-electron chi connectivity index (χ1n) is 11.5. The first-order chi connectivity index (χ1) is 16.2. The summed E-state index contributed by atoms with van der Waals surface area (Å²) in [6, 6.07) is 21.9. The van der Waals surface area contributed by atoms with Gasteiger partial charge in [-0.2, -0.15) is 0 Å². The van der Waals surface area contributed by atoms with Crippen LogP contribution in [0.2, 0.25) is 0 Å². The zero-order valence-electron chi connectivity index (χ0n) is 19.7. The fourth-order valence-electron chi connectivity index (χ4n) is 4.12. The second-order valence-electron chi connectivity index (χ2n) is 8.14. The Morgan fingerprint density at radius 1 is 0.727 bits per heavy atom. The van der Waals surface area contributed by atoms with Gasteiger partial charge < -0.3 is 24.4 Å². The van der Waals surface area contributed by atoms with E-state index in [1.807, 2.05) is 66.7 Å². The molecule has 6 heteroatoms. The molecule has 0 saturated carbocycles. The summed E-state index contributed by atoms with van der Waals surface area (Å²) in [5.74, 6) is 2.98. The van der Waals surface area contributed by atoms with Crippen molar-refractivity contribution in [1.29, 1.82) is 0 Å². The van der Waals surface area contributed by atoms with Crippen LogP contribution in [0.4, 0.5) is 11.4 Å². The monoisotopic (exact) mass is 447 g/mol. The summed E-state index contributed by atoms with van der Waals surface area (Å²) in [6.45, 7) is 8.38. The number of para-hydroxylation sites is 1. The van der Waals surface area contributed by atoms with Crippen LogP contribution >= 0.6 is 0 Å². The molecule has 1 saturated heterocycles. The number of nitrogens with one attached hydrogen (secondary N) is 1. The normalized spacial score (nSPS) is 14.6. The number of methoxy groups -OCH3 is 2. The minimum Gasteiger partial charge on any atom is -0.496 e. The van der Waals surface area contributed by atoms with Gasteiger partial charge in [0, 0.05) is 62.3 Å². The summed E-state index contributed by atoms with van der Waals surface area (Å²) in [4.78, 5) is 4.93. The van der Waals surface area contributed by atoms with Crippen molar-refractivity contribution in [2.45, 2.75) is 13.5 Å². The fourth-order valence-corrected chi connectivity index (χ4v) is 4.12. The molecule has 0 atom stereocenters. The molecule has 0 radical (unpaired) electrons. The van der Waals surface area contributed by atoms with Gasteiger partial charge in [0.2, 0.25) is 0 Å². The lowest BCUT2D eigenvalue weighted by molar-refractivity contribution is 0.130.